The maximum Gasteiger partial charge on any atom is 0.280 e. The highest BCUT2D eigenvalue weighted by atomic mass is 19.3. The Bertz CT molecular complexity index is 881. The predicted molar refractivity (Wildman–Crippen MR) is 95.5 cm³/mol. The molecule has 8 heteroatoms. The van der Waals surface area contributed by atoms with Crippen LogP contribution in [0, 0.1) is 5.41 Å². The van der Waals surface area contributed by atoms with Crippen molar-refractivity contribution in [1.82, 2.24) is 20.2 Å². The maximum absolute atomic E-state index is 12.8. The van der Waals surface area contributed by atoms with Crippen molar-refractivity contribution in [2.45, 2.75) is 45.1 Å². The SMILES string of the molecule is C[C@@H](NC(=O)c1cc2cc(C(F)F)ncc2[nH]1)C(=O)N1CCC2(CC1)CC2. The van der Waals surface area contributed by atoms with Crippen molar-refractivity contribution in [2.75, 3.05) is 13.1 Å². The van der Waals surface area contributed by atoms with Crippen LogP contribution in [0.4, 0.5) is 8.78 Å². The zero-order valence-corrected chi connectivity index (χ0v) is 15.1. The van der Waals surface area contributed by atoms with Gasteiger partial charge in [0.1, 0.15) is 17.4 Å². The standard InChI is InChI=1S/C19H22F2N4O2/c1-11(18(27)25-6-4-19(2-3-19)5-7-25)23-17(26)14-9-12-8-13(16(20)21)22-10-15(12)24-14/h8-11,16,24H,2-7H2,1H3,(H,23,26)/t11-/m1/s1. The van der Waals surface area contributed by atoms with E-state index in [4.69, 9.17) is 0 Å². The predicted octanol–water partition coefficient (Wildman–Crippen LogP) is 3.02. The van der Waals surface area contributed by atoms with Crippen molar-refractivity contribution in [2.24, 2.45) is 5.41 Å². The smallest absolute Gasteiger partial charge is 0.280 e. The molecule has 1 saturated heterocycles. The first kappa shape index (κ1) is 17.9. The summed E-state index contributed by atoms with van der Waals surface area (Å²) in [6.45, 7) is 3.15. The lowest BCUT2D eigenvalue weighted by Crippen LogP contribution is -2.49. The average molecular weight is 376 g/mol. The van der Waals surface area contributed by atoms with Crippen LogP contribution in [-0.4, -0.2) is 45.8 Å². The van der Waals surface area contributed by atoms with Crippen LogP contribution >= 0.6 is 0 Å². The number of piperidine rings is 1. The van der Waals surface area contributed by atoms with Gasteiger partial charge >= 0.3 is 0 Å². The molecule has 0 radical (unpaired) electrons. The molecule has 6 nitrogen and oxygen atoms in total. The van der Waals surface area contributed by atoms with Crippen LogP contribution in [0.15, 0.2) is 18.3 Å². The Morgan fingerprint density at radius 1 is 1.22 bits per heavy atom. The lowest BCUT2D eigenvalue weighted by molar-refractivity contribution is -0.134. The van der Waals surface area contributed by atoms with Crippen molar-refractivity contribution >= 4 is 22.7 Å². The van der Waals surface area contributed by atoms with Gasteiger partial charge in [-0.25, -0.2) is 8.78 Å². The normalized spacial score (nSPS) is 19.5. The molecule has 2 aromatic heterocycles. The third kappa shape index (κ3) is 3.52. The molecule has 0 aromatic carbocycles. The molecule has 2 aliphatic rings. The summed E-state index contributed by atoms with van der Waals surface area (Å²) in [5, 5.41) is 3.18. The fourth-order valence-corrected chi connectivity index (χ4v) is 3.78. The summed E-state index contributed by atoms with van der Waals surface area (Å²) >= 11 is 0. The maximum atomic E-state index is 12.8. The second-order valence-electron chi connectivity index (χ2n) is 7.70. The molecule has 1 aliphatic carbocycles. The molecule has 1 saturated carbocycles. The lowest BCUT2D eigenvalue weighted by Gasteiger charge is -2.33. The van der Waals surface area contributed by atoms with Gasteiger partial charge in [-0.2, -0.15) is 0 Å². The highest BCUT2D eigenvalue weighted by Gasteiger charge is 2.45. The number of fused-ring (bicyclic) bond motifs is 1. The highest BCUT2D eigenvalue weighted by Crippen LogP contribution is 2.53. The van der Waals surface area contributed by atoms with Crippen LogP contribution in [-0.2, 0) is 4.79 Å². The Balaban J connectivity index is 1.40. The fraction of sp³-hybridized carbons (Fsp3) is 0.526. The second-order valence-corrected chi connectivity index (χ2v) is 7.70. The van der Waals surface area contributed by atoms with E-state index in [1.807, 2.05) is 4.90 Å². The van der Waals surface area contributed by atoms with Crippen molar-refractivity contribution < 1.29 is 18.4 Å². The Labute approximate surface area is 155 Å². The summed E-state index contributed by atoms with van der Waals surface area (Å²) in [5.41, 5.74) is 0.858. The molecule has 3 heterocycles. The van der Waals surface area contributed by atoms with Crippen molar-refractivity contribution in [1.29, 1.82) is 0 Å². The summed E-state index contributed by atoms with van der Waals surface area (Å²) in [6, 6.07) is 2.10. The van der Waals surface area contributed by atoms with E-state index in [0.29, 0.717) is 16.3 Å². The number of amides is 2. The number of nitrogens with one attached hydrogen (secondary N) is 2. The van der Waals surface area contributed by atoms with Gasteiger partial charge in [0, 0.05) is 18.5 Å². The first-order chi connectivity index (χ1) is 12.9. The number of aromatic amines is 1. The van der Waals surface area contributed by atoms with E-state index in [1.54, 1.807) is 6.92 Å². The number of H-pyrrole nitrogens is 1. The monoisotopic (exact) mass is 376 g/mol. The summed E-state index contributed by atoms with van der Waals surface area (Å²) in [6.07, 6.45) is 3.23. The van der Waals surface area contributed by atoms with Crippen LogP contribution in [0.5, 0.6) is 0 Å². The Hall–Kier alpha value is -2.51. The van der Waals surface area contributed by atoms with E-state index in [1.165, 1.54) is 31.2 Å². The molecule has 2 aromatic rings. The summed E-state index contributed by atoms with van der Waals surface area (Å²) < 4.78 is 25.5. The van der Waals surface area contributed by atoms with Crippen molar-refractivity contribution in [3.05, 3.63) is 29.7 Å². The molecule has 1 spiro atoms. The minimum absolute atomic E-state index is 0.0865. The molecule has 4 rings (SSSR count). The van der Waals surface area contributed by atoms with Gasteiger partial charge in [0.05, 0.1) is 11.7 Å². The van der Waals surface area contributed by atoms with E-state index < -0.39 is 18.4 Å². The van der Waals surface area contributed by atoms with Crippen LogP contribution in [0.2, 0.25) is 0 Å². The second kappa shape index (κ2) is 6.58. The van der Waals surface area contributed by atoms with Gasteiger partial charge in [-0.3, -0.25) is 14.6 Å². The minimum Gasteiger partial charge on any atom is -0.349 e. The average Bonchev–Trinajstić information content (AvgIpc) is 3.26. The van der Waals surface area contributed by atoms with Crippen LogP contribution in [0.25, 0.3) is 10.9 Å². The number of carbonyl (C=O) groups excluding carboxylic acids is 2. The molecule has 2 fully saturated rings. The molecule has 0 bridgehead atoms. The van der Waals surface area contributed by atoms with Crippen LogP contribution < -0.4 is 5.32 Å². The van der Waals surface area contributed by atoms with Gasteiger partial charge in [-0.05, 0) is 50.2 Å². The van der Waals surface area contributed by atoms with Crippen molar-refractivity contribution in [3.63, 3.8) is 0 Å². The summed E-state index contributed by atoms with van der Waals surface area (Å²) in [4.78, 5) is 33.4. The first-order valence-corrected chi connectivity index (χ1v) is 9.23. The number of likely N-dealkylation sites (tertiary alicyclic amines) is 1. The number of pyridine rings is 1. The zero-order chi connectivity index (χ0) is 19.2. The molecule has 2 N–H and O–H groups in total. The van der Waals surface area contributed by atoms with Gasteiger partial charge in [0.2, 0.25) is 5.91 Å². The van der Waals surface area contributed by atoms with Gasteiger partial charge < -0.3 is 15.2 Å². The largest absolute Gasteiger partial charge is 0.349 e. The molecular weight excluding hydrogens is 354 g/mol. The molecular formula is C19H22F2N4O2. The number of aromatic nitrogens is 2. The minimum atomic E-state index is -2.67. The molecule has 0 unspecified atom stereocenters. The lowest BCUT2D eigenvalue weighted by atomic mass is 9.93. The third-order valence-electron chi connectivity index (χ3n) is 5.81. The number of hydrogen-bond acceptors (Lipinski definition) is 3. The number of hydrogen-bond donors (Lipinski definition) is 2. The summed E-state index contributed by atoms with van der Waals surface area (Å²) in [5.74, 6) is -0.530. The molecule has 1 atom stereocenters. The van der Waals surface area contributed by atoms with E-state index in [-0.39, 0.29) is 17.3 Å². The third-order valence-corrected chi connectivity index (χ3v) is 5.81. The topological polar surface area (TPSA) is 78.1 Å². The van der Waals surface area contributed by atoms with E-state index in [0.717, 1.165) is 25.9 Å². The molecule has 144 valence electrons. The van der Waals surface area contributed by atoms with E-state index in [9.17, 15) is 18.4 Å². The Kier molecular flexibility index (Phi) is 4.36. The summed E-state index contributed by atoms with van der Waals surface area (Å²) in [7, 11) is 0. The van der Waals surface area contributed by atoms with Crippen LogP contribution in [0.1, 0.15) is 55.2 Å². The number of rotatable bonds is 4. The quantitative estimate of drug-likeness (QED) is 0.861. The number of carbonyl (C=O) groups is 2. The number of alkyl halides is 2. The molecule has 27 heavy (non-hydrogen) atoms. The first-order valence-electron chi connectivity index (χ1n) is 9.23. The van der Waals surface area contributed by atoms with Gasteiger partial charge in [-0.1, -0.05) is 0 Å². The van der Waals surface area contributed by atoms with Gasteiger partial charge in [0.25, 0.3) is 12.3 Å². The highest BCUT2D eigenvalue weighted by molar-refractivity contribution is 6.00. The Morgan fingerprint density at radius 3 is 2.56 bits per heavy atom. The molecule has 1 aliphatic heterocycles. The van der Waals surface area contributed by atoms with Gasteiger partial charge in [-0.15, -0.1) is 0 Å². The zero-order valence-electron chi connectivity index (χ0n) is 15.1. The fourth-order valence-electron chi connectivity index (χ4n) is 3.78. The Morgan fingerprint density at radius 2 is 1.93 bits per heavy atom. The van der Waals surface area contributed by atoms with Crippen LogP contribution in [0.3, 0.4) is 0 Å². The number of nitrogens with zero attached hydrogens (tertiary/aromatic N) is 2. The van der Waals surface area contributed by atoms with E-state index in [2.05, 4.69) is 15.3 Å². The number of halogens is 2. The molecule has 2 amide bonds. The van der Waals surface area contributed by atoms with Gasteiger partial charge in [0.15, 0.2) is 0 Å². The van der Waals surface area contributed by atoms with Crippen molar-refractivity contribution in [3.8, 4) is 0 Å². The van der Waals surface area contributed by atoms with E-state index >= 15 is 0 Å².